The van der Waals surface area contributed by atoms with Crippen LogP contribution in [0.4, 0.5) is 0 Å². The number of aromatic carboxylic acids is 1. The molecule has 2 aromatic rings. The molecule has 0 spiro atoms. The zero-order valence-electron chi connectivity index (χ0n) is 11.4. The molecule has 2 rings (SSSR count). The van der Waals surface area contributed by atoms with E-state index in [0.717, 1.165) is 16.9 Å². The van der Waals surface area contributed by atoms with Crippen molar-refractivity contribution in [2.45, 2.75) is 17.6 Å². The predicted molar refractivity (Wildman–Crippen MR) is 81.3 cm³/mol. The van der Waals surface area contributed by atoms with Crippen LogP contribution in [0, 0.1) is 6.92 Å². The van der Waals surface area contributed by atoms with Crippen molar-refractivity contribution in [3.05, 3.63) is 52.4 Å². The molecule has 5 nitrogen and oxygen atoms in total. The summed E-state index contributed by atoms with van der Waals surface area (Å²) in [5, 5.41) is 8.96. The highest BCUT2D eigenvalue weighted by Crippen LogP contribution is 2.25. The summed E-state index contributed by atoms with van der Waals surface area (Å²) in [4.78, 5) is 11.0. The number of carboxylic acid groups (broad SMARTS) is 1. The molecule has 21 heavy (non-hydrogen) atoms. The molecule has 112 valence electrons. The summed E-state index contributed by atoms with van der Waals surface area (Å²) in [7, 11) is -3.66. The monoisotopic (exact) mass is 325 g/mol. The van der Waals surface area contributed by atoms with E-state index in [2.05, 4.69) is 4.72 Å². The van der Waals surface area contributed by atoms with Crippen LogP contribution in [-0.4, -0.2) is 26.0 Å². The largest absolute Gasteiger partial charge is 0.477 e. The fraction of sp³-hybridized carbons (Fsp3) is 0.214. The van der Waals surface area contributed by atoms with Crippen LogP contribution in [0.2, 0.25) is 0 Å². The number of thiophene rings is 1. The normalized spacial score (nSPS) is 11.5. The quantitative estimate of drug-likeness (QED) is 0.853. The van der Waals surface area contributed by atoms with E-state index in [1.165, 1.54) is 6.07 Å². The van der Waals surface area contributed by atoms with Crippen molar-refractivity contribution in [2.24, 2.45) is 0 Å². The number of aryl methyl sites for hydroxylation is 1. The topological polar surface area (TPSA) is 83.5 Å². The fourth-order valence-corrected chi connectivity index (χ4v) is 4.30. The number of rotatable bonds is 6. The SMILES string of the molecule is Cc1cc(S(=O)(=O)NCCc2ccccc2)sc1C(=O)O. The number of hydrogen-bond donors (Lipinski definition) is 2. The Morgan fingerprint density at radius 3 is 2.52 bits per heavy atom. The van der Waals surface area contributed by atoms with E-state index >= 15 is 0 Å². The lowest BCUT2D eigenvalue weighted by atomic mass is 10.2. The average molecular weight is 325 g/mol. The number of carboxylic acids is 1. The van der Waals surface area contributed by atoms with Gasteiger partial charge in [-0.25, -0.2) is 17.9 Å². The van der Waals surface area contributed by atoms with Gasteiger partial charge in [0.05, 0.1) is 0 Å². The van der Waals surface area contributed by atoms with Crippen LogP contribution in [0.5, 0.6) is 0 Å². The molecule has 1 aromatic carbocycles. The first kappa shape index (κ1) is 15.7. The van der Waals surface area contributed by atoms with Gasteiger partial charge in [0.1, 0.15) is 9.09 Å². The summed E-state index contributed by atoms with van der Waals surface area (Å²) in [6, 6.07) is 10.9. The molecule has 0 unspecified atom stereocenters. The first-order valence-corrected chi connectivity index (χ1v) is 8.57. The lowest BCUT2D eigenvalue weighted by Crippen LogP contribution is -2.25. The maximum absolute atomic E-state index is 12.1. The summed E-state index contributed by atoms with van der Waals surface area (Å²) in [6.07, 6.45) is 0.580. The third-order valence-electron chi connectivity index (χ3n) is 2.90. The van der Waals surface area contributed by atoms with Crippen molar-refractivity contribution >= 4 is 27.3 Å². The Balaban J connectivity index is 2.05. The molecule has 1 aromatic heterocycles. The maximum Gasteiger partial charge on any atom is 0.346 e. The minimum atomic E-state index is -3.66. The van der Waals surface area contributed by atoms with Gasteiger partial charge < -0.3 is 5.11 Å². The highest BCUT2D eigenvalue weighted by Gasteiger charge is 2.21. The van der Waals surface area contributed by atoms with E-state index in [9.17, 15) is 13.2 Å². The van der Waals surface area contributed by atoms with Crippen molar-refractivity contribution in [1.82, 2.24) is 4.72 Å². The molecule has 0 aliphatic rings. The van der Waals surface area contributed by atoms with E-state index < -0.39 is 16.0 Å². The van der Waals surface area contributed by atoms with Crippen molar-refractivity contribution in [2.75, 3.05) is 6.54 Å². The second-order valence-electron chi connectivity index (χ2n) is 4.52. The van der Waals surface area contributed by atoms with Crippen LogP contribution in [0.3, 0.4) is 0 Å². The number of benzene rings is 1. The third-order valence-corrected chi connectivity index (χ3v) is 6.06. The molecule has 0 bridgehead atoms. The zero-order valence-corrected chi connectivity index (χ0v) is 13.0. The highest BCUT2D eigenvalue weighted by atomic mass is 32.2. The van der Waals surface area contributed by atoms with E-state index in [4.69, 9.17) is 5.11 Å². The van der Waals surface area contributed by atoms with Crippen LogP contribution >= 0.6 is 11.3 Å². The molecule has 0 amide bonds. The number of hydrogen-bond acceptors (Lipinski definition) is 4. The summed E-state index contributed by atoms with van der Waals surface area (Å²) in [6.45, 7) is 1.86. The molecular weight excluding hydrogens is 310 g/mol. The molecular formula is C14H15NO4S2. The van der Waals surface area contributed by atoms with E-state index in [1.54, 1.807) is 6.92 Å². The Morgan fingerprint density at radius 1 is 1.29 bits per heavy atom. The van der Waals surface area contributed by atoms with Gasteiger partial charge in [0.15, 0.2) is 0 Å². The maximum atomic E-state index is 12.1. The van der Waals surface area contributed by atoms with Crippen LogP contribution in [0.15, 0.2) is 40.6 Å². The third kappa shape index (κ3) is 3.90. The second-order valence-corrected chi connectivity index (χ2v) is 7.56. The van der Waals surface area contributed by atoms with Gasteiger partial charge in [-0.05, 0) is 30.5 Å². The Bertz CT molecular complexity index is 736. The van der Waals surface area contributed by atoms with Gasteiger partial charge in [-0.2, -0.15) is 0 Å². The molecule has 0 atom stereocenters. The van der Waals surface area contributed by atoms with Gasteiger partial charge >= 0.3 is 5.97 Å². The van der Waals surface area contributed by atoms with Gasteiger partial charge in [0.25, 0.3) is 0 Å². The molecule has 0 aliphatic carbocycles. The molecule has 0 aliphatic heterocycles. The van der Waals surface area contributed by atoms with Crippen LogP contribution in [0.25, 0.3) is 0 Å². The summed E-state index contributed by atoms with van der Waals surface area (Å²) in [5.41, 5.74) is 1.49. The smallest absolute Gasteiger partial charge is 0.346 e. The highest BCUT2D eigenvalue weighted by molar-refractivity contribution is 7.91. The molecule has 0 fully saturated rings. The molecule has 7 heteroatoms. The average Bonchev–Trinajstić information content (AvgIpc) is 2.83. The lowest BCUT2D eigenvalue weighted by molar-refractivity contribution is 0.0701. The molecule has 0 saturated heterocycles. The Kier molecular flexibility index (Phi) is 4.76. The molecule has 0 radical (unpaired) electrons. The van der Waals surface area contributed by atoms with Crippen LogP contribution in [-0.2, 0) is 16.4 Å². The molecule has 1 heterocycles. The van der Waals surface area contributed by atoms with Crippen molar-refractivity contribution < 1.29 is 18.3 Å². The van der Waals surface area contributed by atoms with Gasteiger partial charge in [-0.3, -0.25) is 0 Å². The predicted octanol–water partition coefficient (Wildman–Crippen LogP) is 2.28. The second kappa shape index (κ2) is 6.38. The summed E-state index contributed by atoms with van der Waals surface area (Å²) >= 11 is 0.771. The van der Waals surface area contributed by atoms with Crippen LogP contribution in [0.1, 0.15) is 20.8 Å². The minimum absolute atomic E-state index is 0.0328. The fourth-order valence-electron chi connectivity index (χ4n) is 1.84. The molecule has 0 saturated carbocycles. The Hall–Kier alpha value is -1.70. The standard InChI is InChI=1S/C14H15NO4S2/c1-10-9-12(20-13(10)14(16)17)21(18,19)15-8-7-11-5-3-2-4-6-11/h2-6,9,15H,7-8H2,1H3,(H,16,17). The zero-order chi connectivity index (χ0) is 15.5. The first-order valence-electron chi connectivity index (χ1n) is 6.27. The van der Waals surface area contributed by atoms with Gasteiger partial charge in [0, 0.05) is 6.54 Å². The molecule has 2 N–H and O–H groups in total. The number of carbonyl (C=O) groups is 1. The van der Waals surface area contributed by atoms with E-state index in [0.29, 0.717) is 12.0 Å². The Labute approximate surface area is 127 Å². The summed E-state index contributed by atoms with van der Waals surface area (Å²) in [5.74, 6) is -1.11. The number of nitrogens with one attached hydrogen (secondary N) is 1. The first-order chi connectivity index (χ1) is 9.90. The van der Waals surface area contributed by atoms with E-state index in [-0.39, 0.29) is 15.6 Å². The van der Waals surface area contributed by atoms with Gasteiger partial charge in [0.2, 0.25) is 10.0 Å². The minimum Gasteiger partial charge on any atom is -0.477 e. The lowest BCUT2D eigenvalue weighted by Gasteiger charge is -2.04. The van der Waals surface area contributed by atoms with Crippen LogP contribution < -0.4 is 4.72 Å². The number of sulfonamides is 1. The van der Waals surface area contributed by atoms with Crippen molar-refractivity contribution in [3.63, 3.8) is 0 Å². The van der Waals surface area contributed by atoms with Crippen molar-refractivity contribution in [1.29, 1.82) is 0 Å². The van der Waals surface area contributed by atoms with Crippen molar-refractivity contribution in [3.8, 4) is 0 Å². The summed E-state index contributed by atoms with van der Waals surface area (Å²) < 4.78 is 26.8. The van der Waals surface area contributed by atoms with E-state index in [1.807, 2.05) is 30.3 Å². The Morgan fingerprint density at radius 2 is 1.95 bits per heavy atom. The van der Waals surface area contributed by atoms with Gasteiger partial charge in [-0.15, -0.1) is 11.3 Å². The van der Waals surface area contributed by atoms with Gasteiger partial charge in [-0.1, -0.05) is 30.3 Å².